The van der Waals surface area contributed by atoms with Gasteiger partial charge < -0.3 is 4.90 Å². The molecule has 0 aliphatic rings. The lowest BCUT2D eigenvalue weighted by atomic mass is 9.93. The van der Waals surface area contributed by atoms with Crippen molar-refractivity contribution in [2.75, 3.05) is 4.90 Å². The zero-order valence-electron chi connectivity index (χ0n) is 31.3. The third-order valence-corrected chi connectivity index (χ3v) is 10.8. The Morgan fingerprint density at radius 1 is 0.333 bits per heavy atom. The molecule has 10 aromatic rings. The van der Waals surface area contributed by atoms with E-state index >= 15 is 0 Å². The number of aromatic nitrogens is 1. The molecule has 0 aliphatic heterocycles. The van der Waals surface area contributed by atoms with Crippen molar-refractivity contribution in [1.82, 2.24) is 4.98 Å². The SMILES string of the molecule is C(=Cc1ccc2cc(N(c3ccccc3)c3ccccc3)cc(-c3cnc4cc(-c5ccccc5-c5ccccc5)ccc4c3)c2c1)c1ccc2ccccc2c1. The average molecular weight is 727 g/mol. The molecule has 0 amide bonds. The van der Waals surface area contributed by atoms with Gasteiger partial charge in [-0.3, -0.25) is 4.98 Å². The van der Waals surface area contributed by atoms with Gasteiger partial charge in [0, 0.05) is 34.2 Å². The predicted molar refractivity (Wildman–Crippen MR) is 243 cm³/mol. The van der Waals surface area contributed by atoms with E-state index in [0.717, 1.165) is 55.6 Å². The molecular weight excluding hydrogens is 689 g/mol. The highest BCUT2D eigenvalue weighted by Crippen LogP contribution is 2.41. The number of pyridine rings is 1. The maximum atomic E-state index is 5.14. The molecule has 1 aromatic heterocycles. The van der Waals surface area contributed by atoms with E-state index in [1.165, 1.54) is 38.4 Å². The first kappa shape index (κ1) is 34.0. The molecule has 0 spiro atoms. The molecule has 0 N–H and O–H groups in total. The second-order valence-corrected chi connectivity index (χ2v) is 14.5. The standard InChI is InChI=1S/C55H38N2/c1-4-15-42(16-5-1)51-22-12-13-23-52(51)45-30-31-46-34-47(38-56-55(46)36-45)54-37-50(57(48-18-6-2-7-19-48)49-20-8-3-9-21-49)35-44-29-27-40(33-53(44)54)25-24-39-26-28-41-14-10-11-17-43(41)32-39/h1-38H. The van der Waals surface area contributed by atoms with Gasteiger partial charge >= 0.3 is 0 Å². The highest BCUT2D eigenvalue weighted by atomic mass is 15.1. The minimum absolute atomic E-state index is 0.966. The summed E-state index contributed by atoms with van der Waals surface area (Å²) in [5.41, 5.74) is 13.5. The van der Waals surface area contributed by atoms with Crippen molar-refractivity contribution in [1.29, 1.82) is 0 Å². The number of benzene rings is 9. The summed E-state index contributed by atoms with van der Waals surface area (Å²) in [6, 6.07) is 75.9. The van der Waals surface area contributed by atoms with E-state index in [2.05, 4.69) is 229 Å². The largest absolute Gasteiger partial charge is 0.310 e. The van der Waals surface area contributed by atoms with Crippen LogP contribution in [-0.4, -0.2) is 4.98 Å². The van der Waals surface area contributed by atoms with Crippen molar-refractivity contribution in [2.24, 2.45) is 0 Å². The van der Waals surface area contributed by atoms with Gasteiger partial charge in [0.25, 0.3) is 0 Å². The maximum absolute atomic E-state index is 5.14. The fourth-order valence-corrected chi connectivity index (χ4v) is 7.98. The number of hydrogen-bond donors (Lipinski definition) is 0. The zero-order valence-corrected chi connectivity index (χ0v) is 31.3. The molecule has 0 aliphatic carbocycles. The van der Waals surface area contributed by atoms with Gasteiger partial charge in [-0.2, -0.15) is 0 Å². The number of anilines is 3. The first-order chi connectivity index (χ1) is 28.2. The summed E-state index contributed by atoms with van der Waals surface area (Å²) in [4.78, 5) is 7.47. The topological polar surface area (TPSA) is 16.1 Å². The Bertz CT molecular complexity index is 3020. The highest BCUT2D eigenvalue weighted by molar-refractivity contribution is 6.03. The van der Waals surface area contributed by atoms with E-state index in [-0.39, 0.29) is 0 Å². The summed E-state index contributed by atoms with van der Waals surface area (Å²) in [5.74, 6) is 0. The van der Waals surface area contributed by atoms with E-state index in [9.17, 15) is 0 Å². The summed E-state index contributed by atoms with van der Waals surface area (Å²) in [7, 11) is 0. The molecule has 2 heteroatoms. The van der Waals surface area contributed by atoms with Crippen LogP contribution in [0.4, 0.5) is 17.1 Å². The van der Waals surface area contributed by atoms with Gasteiger partial charge in [0.2, 0.25) is 0 Å². The average Bonchev–Trinajstić information content (AvgIpc) is 3.29. The van der Waals surface area contributed by atoms with E-state index in [1.807, 2.05) is 6.20 Å². The van der Waals surface area contributed by atoms with Crippen LogP contribution in [0.15, 0.2) is 219 Å². The second-order valence-electron chi connectivity index (χ2n) is 14.5. The summed E-state index contributed by atoms with van der Waals surface area (Å²) in [6.45, 7) is 0. The molecule has 0 unspecified atom stereocenters. The van der Waals surface area contributed by atoms with Crippen LogP contribution in [0, 0.1) is 0 Å². The molecule has 10 rings (SSSR count). The molecule has 1 heterocycles. The smallest absolute Gasteiger partial charge is 0.0708 e. The van der Waals surface area contributed by atoms with E-state index in [1.54, 1.807) is 0 Å². The van der Waals surface area contributed by atoms with Gasteiger partial charge in [-0.25, -0.2) is 0 Å². The van der Waals surface area contributed by atoms with Gasteiger partial charge in [0.15, 0.2) is 0 Å². The van der Waals surface area contributed by atoms with Crippen molar-refractivity contribution >= 4 is 61.7 Å². The van der Waals surface area contributed by atoms with Crippen LogP contribution in [-0.2, 0) is 0 Å². The van der Waals surface area contributed by atoms with Gasteiger partial charge in [-0.05, 0) is 121 Å². The van der Waals surface area contributed by atoms with Gasteiger partial charge in [0.1, 0.15) is 0 Å². The van der Waals surface area contributed by atoms with Crippen LogP contribution in [0.5, 0.6) is 0 Å². The summed E-state index contributed by atoms with van der Waals surface area (Å²) in [5, 5.41) is 5.93. The molecule has 268 valence electrons. The maximum Gasteiger partial charge on any atom is 0.0708 e. The van der Waals surface area contributed by atoms with Gasteiger partial charge in [0.05, 0.1) is 5.52 Å². The molecule has 0 bridgehead atoms. The fraction of sp³-hybridized carbons (Fsp3) is 0. The lowest BCUT2D eigenvalue weighted by molar-refractivity contribution is 1.29. The van der Waals surface area contributed by atoms with Crippen LogP contribution in [0.2, 0.25) is 0 Å². The monoisotopic (exact) mass is 726 g/mol. The second kappa shape index (κ2) is 14.9. The number of fused-ring (bicyclic) bond motifs is 3. The van der Waals surface area contributed by atoms with Crippen LogP contribution in [0.1, 0.15) is 11.1 Å². The summed E-state index contributed by atoms with van der Waals surface area (Å²) < 4.78 is 0. The summed E-state index contributed by atoms with van der Waals surface area (Å²) in [6.07, 6.45) is 6.47. The Morgan fingerprint density at radius 3 is 1.63 bits per heavy atom. The van der Waals surface area contributed by atoms with Crippen LogP contribution in [0.25, 0.3) is 78.0 Å². The minimum Gasteiger partial charge on any atom is -0.310 e. The molecule has 57 heavy (non-hydrogen) atoms. The Labute approximate surface area is 333 Å². The van der Waals surface area contributed by atoms with E-state index in [4.69, 9.17) is 4.98 Å². The molecule has 9 aromatic carbocycles. The third-order valence-electron chi connectivity index (χ3n) is 10.8. The highest BCUT2D eigenvalue weighted by Gasteiger charge is 2.17. The minimum atomic E-state index is 0.966. The first-order valence-corrected chi connectivity index (χ1v) is 19.4. The Hall–Kier alpha value is -7.55. The van der Waals surface area contributed by atoms with Gasteiger partial charge in [-0.15, -0.1) is 0 Å². The lowest BCUT2D eigenvalue weighted by Crippen LogP contribution is -2.10. The van der Waals surface area contributed by atoms with E-state index < -0.39 is 0 Å². The normalized spacial score (nSPS) is 11.4. The number of rotatable bonds is 8. The lowest BCUT2D eigenvalue weighted by Gasteiger charge is -2.26. The molecule has 2 nitrogen and oxygen atoms in total. The van der Waals surface area contributed by atoms with Gasteiger partial charge in [-0.1, -0.05) is 164 Å². The molecule has 0 saturated carbocycles. The molecular formula is C55H38N2. The molecule has 0 atom stereocenters. The molecule has 0 fully saturated rings. The van der Waals surface area contributed by atoms with E-state index in [0.29, 0.717) is 0 Å². The van der Waals surface area contributed by atoms with Crippen molar-refractivity contribution in [2.45, 2.75) is 0 Å². The van der Waals surface area contributed by atoms with Crippen LogP contribution < -0.4 is 4.90 Å². The Kier molecular flexibility index (Phi) is 8.91. The Balaban J connectivity index is 1.11. The number of para-hydroxylation sites is 2. The van der Waals surface area contributed by atoms with Crippen molar-refractivity contribution in [3.05, 3.63) is 230 Å². The number of nitrogens with zero attached hydrogens (tertiary/aromatic N) is 2. The Morgan fingerprint density at radius 2 is 0.912 bits per heavy atom. The predicted octanol–water partition coefficient (Wildman–Crippen LogP) is 15.2. The molecule has 0 radical (unpaired) electrons. The zero-order chi connectivity index (χ0) is 38.0. The number of hydrogen-bond acceptors (Lipinski definition) is 2. The van der Waals surface area contributed by atoms with Crippen LogP contribution in [0.3, 0.4) is 0 Å². The van der Waals surface area contributed by atoms with Crippen molar-refractivity contribution < 1.29 is 0 Å². The third kappa shape index (κ3) is 6.86. The van der Waals surface area contributed by atoms with Crippen molar-refractivity contribution in [3.8, 4) is 33.4 Å². The van der Waals surface area contributed by atoms with Crippen LogP contribution >= 0.6 is 0 Å². The summed E-state index contributed by atoms with van der Waals surface area (Å²) >= 11 is 0. The fourth-order valence-electron chi connectivity index (χ4n) is 7.98. The quantitative estimate of drug-likeness (QED) is 0.145. The first-order valence-electron chi connectivity index (χ1n) is 19.4. The van der Waals surface area contributed by atoms with Crippen molar-refractivity contribution in [3.63, 3.8) is 0 Å². The molecule has 0 saturated heterocycles.